The smallest absolute Gasteiger partial charge is 0.265 e. The summed E-state index contributed by atoms with van der Waals surface area (Å²) in [4.78, 5) is 12.7. The summed E-state index contributed by atoms with van der Waals surface area (Å²) in [6.45, 7) is 0.958. The molecule has 0 saturated heterocycles. The molecule has 0 aliphatic carbocycles. The molecule has 0 aliphatic heterocycles. The van der Waals surface area contributed by atoms with Gasteiger partial charge in [0.2, 0.25) is 0 Å². The summed E-state index contributed by atoms with van der Waals surface area (Å²) in [7, 11) is -0.178. The first-order valence-electron chi connectivity index (χ1n) is 10.8. The normalized spacial score (nSPS) is 11.6. The molecule has 3 aromatic rings. The minimum Gasteiger partial charge on any atom is -0.495 e. The molecule has 1 N–H and O–H groups in total. The zero-order valence-corrected chi connectivity index (χ0v) is 22.1. The molecule has 0 aliphatic rings. The Morgan fingerprint density at radius 1 is 0.946 bits per heavy atom. The molecule has 1 amide bonds. The molecule has 3 aromatic carbocycles. The summed E-state index contributed by atoms with van der Waals surface area (Å²) in [5, 5.41) is 4.25. The molecule has 196 valence electrons. The third-order valence-electron chi connectivity index (χ3n) is 5.25. The average molecular weight is 550 g/mol. The van der Waals surface area contributed by atoms with Crippen molar-refractivity contribution in [3.8, 4) is 17.2 Å². The Balaban J connectivity index is 2.00. The van der Waals surface area contributed by atoms with Crippen molar-refractivity contribution in [3.05, 3.63) is 77.1 Å². The number of hydrogen-bond acceptors (Lipinski definition) is 7. The van der Waals surface area contributed by atoms with Crippen molar-refractivity contribution in [2.45, 2.75) is 11.8 Å². The number of nitrogens with zero attached hydrogens (tertiary/aromatic N) is 2. The Labute approximate surface area is 219 Å². The van der Waals surface area contributed by atoms with Crippen molar-refractivity contribution in [2.75, 3.05) is 32.2 Å². The van der Waals surface area contributed by atoms with Crippen LogP contribution in [0.2, 0.25) is 5.02 Å². The van der Waals surface area contributed by atoms with Crippen molar-refractivity contribution in [3.63, 3.8) is 0 Å². The van der Waals surface area contributed by atoms with Crippen LogP contribution in [0, 0.1) is 5.82 Å². The van der Waals surface area contributed by atoms with Crippen molar-refractivity contribution in [1.29, 1.82) is 0 Å². The van der Waals surface area contributed by atoms with Crippen molar-refractivity contribution in [2.24, 2.45) is 5.10 Å². The van der Waals surface area contributed by atoms with Gasteiger partial charge >= 0.3 is 0 Å². The number of sulfonamides is 1. The molecule has 12 heteroatoms. The van der Waals surface area contributed by atoms with Crippen molar-refractivity contribution in [1.82, 2.24) is 5.43 Å². The molecule has 3 rings (SSSR count). The third-order valence-corrected chi connectivity index (χ3v) is 7.24. The number of hydrazone groups is 1. The number of nitrogens with one attached hydrogen (secondary N) is 1. The van der Waals surface area contributed by atoms with Gasteiger partial charge in [0.1, 0.15) is 18.1 Å². The SMILES string of the molecule is COc1ccc(S(=O)(=O)N(CC(=O)N/N=C(/C)c2ccc(F)cc2)c2cc(Cl)ccc2OC)cc1OC. The Morgan fingerprint density at radius 3 is 2.19 bits per heavy atom. The van der Waals surface area contributed by atoms with Gasteiger partial charge in [-0.2, -0.15) is 5.10 Å². The molecule has 0 spiro atoms. The highest BCUT2D eigenvalue weighted by Crippen LogP contribution is 2.36. The Kier molecular flexibility index (Phi) is 8.95. The molecule has 37 heavy (non-hydrogen) atoms. The van der Waals surface area contributed by atoms with Gasteiger partial charge in [-0.15, -0.1) is 0 Å². The van der Waals surface area contributed by atoms with E-state index in [1.165, 1.54) is 82.0 Å². The van der Waals surface area contributed by atoms with Gasteiger partial charge in [-0.3, -0.25) is 9.10 Å². The number of carbonyl (C=O) groups excluding carboxylic acids is 1. The van der Waals surface area contributed by atoms with Crippen LogP contribution in [-0.2, 0) is 14.8 Å². The van der Waals surface area contributed by atoms with Crippen LogP contribution in [0.25, 0.3) is 0 Å². The van der Waals surface area contributed by atoms with Crippen LogP contribution in [0.15, 0.2) is 70.7 Å². The second-order valence-electron chi connectivity index (χ2n) is 7.58. The zero-order valence-electron chi connectivity index (χ0n) is 20.5. The lowest BCUT2D eigenvalue weighted by atomic mass is 10.1. The number of benzene rings is 3. The summed E-state index contributed by atoms with van der Waals surface area (Å²) in [6.07, 6.45) is 0. The van der Waals surface area contributed by atoms with Crippen LogP contribution in [-0.4, -0.2) is 47.9 Å². The molecule has 0 unspecified atom stereocenters. The summed E-state index contributed by atoms with van der Waals surface area (Å²) in [5.74, 6) is -0.464. The van der Waals surface area contributed by atoms with Gasteiger partial charge in [-0.1, -0.05) is 23.7 Å². The highest BCUT2D eigenvalue weighted by Gasteiger charge is 2.30. The molecule has 0 fully saturated rings. The van der Waals surface area contributed by atoms with Crippen molar-refractivity contribution >= 4 is 38.9 Å². The molecular formula is C25H25ClFN3O6S. The number of rotatable bonds is 10. The summed E-state index contributed by atoms with van der Waals surface area (Å²) in [6, 6.07) is 14.0. The molecule has 0 radical (unpaired) electrons. The predicted molar refractivity (Wildman–Crippen MR) is 139 cm³/mol. The summed E-state index contributed by atoms with van der Waals surface area (Å²) < 4.78 is 57.4. The number of methoxy groups -OCH3 is 3. The summed E-state index contributed by atoms with van der Waals surface area (Å²) in [5.41, 5.74) is 3.35. The van der Waals surface area contributed by atoms with E-state index in [0.717, 1.165) is 4.31 Å². The average Bonchev–Trinajstić information content (AvgIpc) is 2.90. The van der Waals surface area contributed by atoms with E-state index in [2.05, 4.69) is 10.5 Å². The van der Waals surface area contributed by atoms with E-state index in [-0.39, 0.29) is 27.1 Å². The van der Waals surface area contributed by atoms with Gasteiger partial charge in [0, 0.05) is 11.1 Å². The minimum atomic E-state index is -4.34. The fourth-order valence-corrected chi connectivity index (χ4v) is 4.94. The van der Waals surface area contributed by atoms with E-state index in [1.54, 1.807) is 6.92 Å². The highest BCUT2D eigenvalue weighted by atomic mass is 35.5. The summed E-state index contributed by atoms with van der Waals surface area (Å²) >= 11 is 6.16. The van der Waals surface area contributed by atoms with E-state index in [1.807, 2.05) is 0 Å². The number of halogens is 2. The lowest BCUT2D eigenvalue weighted by Crippen LogP contribution is -2.40. The monoisotopic (exact) mass is 549 g/mol. The van der Waals surface area contributed by atoms with Gasteiger partial charge < -0.3 is 14.2 Å². The van der Waals surface area contributed by atoms with Crippen LogP contribution in [0.5, 0.6) is 17.2 Å². The Bertz CT molecular complexity index is 1410. The number of amides is 1. The number of carbonyl (C=O) groups is 1. The quantitative estimate of drug-likeness (QED) is 0.299. The van der Waals surface area contributed by atoms with E-state index >= 15 is 0 Å². The lowest BCUT2D eigenvalue weighted by molar-refractivity contribution is -0.119. The fraction of sp³-hybridized carbons (Fsp3) is 0.200. The van der Waals surface area contributed by atoms with Gasteiger partial charge in [-0.05, 0) is 55.0 Å². The molecule has 9 nitrogen and oxygen atoms in total. The van der Waals surface area contributed by atoms with Crippen LogP contribution < -0.4 is 23.9 Å². The van der Waals surface area contributed by atoms with Crippen molar-refractivity contribution < 1.29 is 31.8 Å². The lowest BCUT2D eigenvalue weighted by Gasteiger charge is -2.26. The predicted octanol–water partition coefficient (Wildman–Crippen LogP) is 4.24. The second-order valence-corrected chi connectivity index (χ2v) is 9.88. The number of hydrogen-bond donors (Lipinski definition) is 1. The second kappa shape index (κ2) is 11.9. The zero-order chi connectivity index (χ0) is 27.2. The molecule has 0 bridgehead atoms. The van der Waals surface area contributed by atoms with Crippen LogP contribution >= 0.6 is 11.6 Å². The van der Waals surface area contributed by atoms with Gasteiger partial charge in [0.05, 0.1) is 37.6 Å². The van der Waals surface area contributed by atoms with E-state index < -0.39 is 28.3 Å². The third kappa shape index (κ3) is 6.49. The first-order chi connectivity index (χ1) is 17.6. The molecule has 0 aromatic heterocycles. The van der Waals surface area contributed by atoms with Crippen LogP contribution in [0.3, 0.4) is 0 Å². The van der Waals surface area contributed by atoms with Gasteiger partial charge in [-0.25, -0.2) is 18.2 Å². The van der Waals surface area contributed by atoms with E-state index in [0.29, 0.717) is 17.0 Å². The van der Waals surface area contributed by atoms with Crippen LogP contribution in [0.4, 0.5) is 10.1 Å². The van der Waals surface area contributed by atoms with Gasteiger partial charge in [0.15, 0.2) is 11.5 Å². The molecule has 0 saturated carbocycles. The highest BCUT2D eigenvalue weighted by molar-refractivity contribution is 7.92. The number of ether oxygens (including phenoxy) is 3. The number of anilines is 1. The largest absolute Gasteiger partial charge is 0.495 e. The first-order valence-corrected chi connectivity index (χ1v) is 12.6. The molecule has 0 heterocycles. The Morgan fingerprint density at radius 2 is 1.57 bits per heavy atom. The van der Waals surface area contributed by atoms with Gasteiger partial charge in [0.25, 0.3) is 15.9 Å². The maximum atomic E-state index is 13.8. The topological polar surface area (TPSA) is 107 Å². The fourth-order valence-electron chi connectivity index (χ4n) is 3.33. The van der Waals surface area contributed by atoms with Crippen LogP contribution in [0.1, 0.15) is 12.5 Å². The standard InChI is InChI=1S/C25H25ClFN3O6S/c1-16(17-5-8-19(27)9-6-17)28-29-25(31)15-30(21-13-18(26)7-11-22(21)34-2)37(32,33)20-10-12-23(35-3)24(14-20)36-4/h5-14H,15H2,1-4H3,(H,29,31)/b28-16-. The maximum absolute atomic E-state index is 13.8. The van der Waals surface area contributed by atoms with E-state index in [4.69, 9.17) is 25.8 Å². The first kappa shape index (κ1) is 27.8. The maximum Gasteiger partial charge on any atom is 0.265 e. The van der Waals surface area contributed by atoms with E-state index in [9.17, 15) is 17.6 Å². The Hall–Kier alpha value is -3.83. The molecular weight excluding hydrogens is 525 g/mol. The molecule has 0 atom stereocenters. The minimum absolute atomic E-state index is 0.0409.